The summed E-state index contributed by atoms with van der Waals surface area (Å²) in [5.41, 5.74) is 0. The van der Waals surface area contributed by atoms with Gasteiger partial charge in [-0.05, 0) is 49.4 Å². The highest BCUT2D eigenvalue weighted by atomic mass is 31.2. The van der Waals surface area contributed by atoms with E-state index in [1.807, 2.05) is 0 Å². The van der Waals surface area contributed by atoms with Crippen molar-refractivity contribution in [3.05, 3.63) is 0 Å². The number of unbranched alkanes of at least 4 members (excludes halogenated alkanes) is 42. The zero-order chi connectivity index (χ0) is 73.8. The molecule has 19 heteroatoms. The highest BCUT2D eigenvalue weighted by molar-refractivity contribution is 7.47. The van der Waals surface area contributed by atoms with Crippen molar-refractivity contribution in [2.45, 2.75) is 433 Å². The van der Waals surface area contributed by atoms with Crippen LogP contribution in [-0.2, 0) is 65.4 Å². The minimum Gasteiger partial charge on any atom is -0.462 e. The van der Waals surface area contributed by atoms with Gasteiger partial charge in [-0.3, -0.25) is 37.3 Å². The molecule has 0 aliphatic rings. The molecule has 0 aliphatic carbocycles. The van der Waals surface area contributed by atoms with Crippen molar-refractivity contribution in [3.63, 3.8) is 0 Å². The lowest BCUT2D eigenvalue weighted by molar-refractivity contribution is -0.161. The molecule has 0 aromatic heterocycles. The number of aliphatic hydroxyl groups is 1. The number of aliphatic hydroxyl groups excluding tert-OH is 1. The smallest absolute Gasteiger partial charge is 0.462 e. The van der Waals surface area contributed by atoms with E-state index in [4.69, 9.17) is 37.0 Å². The van der Waals surface area contributed by atoms with Crippen molar-refractivity contribution in [2.24, 2.45) is 23.7 Å². The molecule has 4 unspecified atom stereocenters. The molecule has 0 heterocycles. The minimum atomic E-state index is -4.96. The maximum Gasteiger partial charge on any atom is 0.472 e. The summed E-state index contributed by atoms with van der Waals surface area (Å²) in [5, 5.41) is 10.6. The molecule has 17 nitrogen and oxygen atoms in total. The minimum absolute atomic E-state index is 0.107. The monoisotopic (exact) mass is 1470 g/mol. The molecule has 0 fully saturated rings. The highest BCUT2D eigenvalue weighted by Crippen LogP contribution is 2.45. The summed E-state index contributed by atoms with van der Waals surface area (Å²) in [7, 11) is -9.92. The quantitative estimate of drug-likeness (QED) is 0.0222. The second-order valence-corrected chi connectivity index (χ2v) is 33.5. The molecule has 7 atom stereocenters. The van der Waals surface area contributed by atoms with Gasteiger partial charge < -0.3 is 33.8 Å². The van der Waals surface area contributed by atoms with Crippen molar-refractivity contribution in [2.75, 3.05) is 39.6 Å². The summed E-state index contributed by atoms with van der Waals surface area (Å²) in [6.45, 7) is 14.2. The molecule has 0 aromatic rings. The second-order valence-electron chi connectivity index (χ2n) is 30.6. The van der Waals surface area contributed by atoms with E-state index in [1.165, 1.54) is 205 Å². The molecule has 0 amide bonds. The molecule has 100 heavy (non-hydrogen) atoms. The van der Waals surface area contributed by atoms with E-state index >= 15 is 0 Å². The van der Waals surface area contributed by atoms with Crippen LogP contribution in [0.1, 0.15) is 415 Å². The van der Waals surface area contributed by atoms with Crippen LogP contribution in [0.4, 0.5) is 0 Å². The molecule has 0 spiro atoms. The summed E-state index contributed by atoms with van der Waals surface area (Å²) >= 11 is 0. The summed E-state index contributed by atoms with van der Waals surface area (Å²) < 4.78 is 68.7. The van der Waals surface area contributed by atoms with E-state index in [9.17, 15) is 43.2 Å². The van der Waals surface area contributed by atoms with E-state index in [0.29, 0.717) is 25.7 Å². The zero-order valence-corrected chi connectivity index (χ0v) is 67.6. The summed E-state index contributed by atoms with van der Waals surface area (Å²) in [6.07, 6.45) is 57.1. The van der Waals surface area contributed by atoms with Crippen LogP contribution in [-0.4, -0.2) is 96.7 Å². The second kappa shape index (κ2) is 70.1. The van der Waals surface area contributed by atoms with Gasteiger partial charge >= 0.3 is 39.5 Å². The molecule has 594 valence electrons. The van der Waals surface area contributed by atoms with Crippen molar-refractivity contribution in [3.8, 4) is 0 Å². The third-order valence-corrected chi connectivity index (χ3v) is 21.4. The fourth-order valence-electron chi connectivity index (χ4n) is 12.4. The van der Waals surface area contributed by atoms with Crippen LogP contribution in [0.3, 0.4) is 0 Å². The number of hydrogen-bond donors (Lipinski definition) is 3. The Morgan fingerprint density at radius 1 is 0.280 bits per heavy atom. The molecule has 0 aromatic carbocycles. The van der Waals surface area contributed by atoms with Crippen molar-refractivity contribution < 1.29 is 80.2 Å². The van der Waals surface area contributed by atoms with Gasteiger partial charge in [-0.1, -0.05) is 364 Å². The topological polar surface area (TPSA) is 237 Å². The van der Waals surface area contributed by atoms with E-state index < -0.39 is 97.5 Å². The van der Waals surface area contributed by atoms with E-state index in [0.717, 1.165) is 126 Å². The van der Waals surface area contributed by atoms with Crippen LogP contribution in [0, 0.1) is 23.7 Å². The van der Waals surface area contributed by atoms with Crippen LogP contribution in [0.2, 0.25) is 0 Å². The van der Waals surface area contributed by atoms with Gasteiger partial charge in [-0.15, -0.1) is 0 Å². The number of carbonyl (C=O) groups excluding carboxylic acids is 4. The highest BCUT2D eigenvalue weighted by Gasteiger charge is 2.30. The third-order valence-electron chi connectivity index (χ3n) is 19.5. The lowest BCUT2D eigenvalue weighted by atomic mass is 10.00. The first kappa shape index (κ1) is 98.1. The molecular formula is C81H158O17P2. The molecule has 0 rings (SSSR count). The van der Waals surface area contributed by atoms with E-state index in [1.54, 1.807) is 0 Å². The number of rotatable bonds is 78. The number of ether oxygens (including phenoxy) is 4. The summed E-state index contributed by atoms with van der Waals surface area (Å²) in [6, 6.07) is 0. The lowest BCUT2D eigenvalue weighted by Crippen LogP contribution is -2.30. The normalized spacial score (nSPS) is 14.6. The Morgan fingerprint density at radius 3 is 0.710 bits per heavy atom. The molecule has 3 N–H and O–H groups in total. The zero-order valence-electron chi connectivity index (χ0n) is 65.8. The third kappa shape index (κ3) is 71.7. The Balaban J connectivity index is 5.17. The number of esters is 4. The first-order chi connectivity index (χ1) is 48.2. The predicted molar refractivity (Wildman–Crippen MR) is 409 cm³/mol. The van der Waals surface area contributed by atoms with E-state index in [-0.39, 0.29) is 25.7 Å². The molecule has 0 aliphatic heterocycles. The first-order valence-electron chi connectivity index (χ1n) is 41.8. The van der Waals surface area contributed by atoms with Gasteiger partial charge in [0.1, 0.15) is 19.3 Å². The van der Waals surface area contributed by atoms with Gasteiger partial charge in [-0.25, -0.2) is 9.13 Å². The fourth-order valence-corrected chi connectivity index (χ4v) is 13.9. The Labute approximate surface area is 613 Å². The van der Waals surface area contributed by atoms with Crippen LogP contribution in [0.25, 0.3) is 0 Å². The Morgan fingerprint density at radius 2 is 0.480 bits per heavy atom. The number of carbonyl (C=O) groups is 4. The standard InChI is InChI=1S/C81H158O17P2/c1-9-73(7)59-51-43-37-39-45-53-61-78(83)91-67-76(97-80(85)63-55-47-35-31-27-23-19-14-12-11-13-17-21-25-29-33-41-49-57-71(3)4)69-95-99(87,88)93-65-75(82)66-94-100(89,90)96-70-77(68-92-79(84)62-54-46-40-38-44-52-60-74(8)10-2)98-81(86)64-56-48-36-32-28-24-20-16-15-18-22-26-30-34-42-50-58-72(5)6/h71-77,82H,9-70H2,1-8H3,(H,87,88)(H,89,90)/t73?,74?,75-,76+,77+/m0/s1. The summed E-state index contributed by atoms with van der Waals surface area (Å²) in [4.78, 5) is 72.9. The molecular weight excluding hydrogens is 1310 g/mol. The van der Waals surface area contributed by atoms with Crippen molar-refractivity contribution >= 4 is 39.5 Å². The van der Waals surface area contributed by atoms with Crippen molar-refractivity contribution in [1.82, 2.24) is 0 Å². The van der Waals surface area contributed by atoms with Gasteiger partial charge in [0.25, 0.3) is 0 Å². The Hall–Kier alpha value is -1.94. The number of phosphoric acid groups is 2. The number of hydrogen-bond acceptors (Lipinski definition) is 15. The lowest BCUT2D eigenvalue weighted by Gasteiger charge is -2.21. The Bertz CT molecular complexity index is 1960. The maximum atomic E-state index is 13.1. The molecule has 0 saturated heterocycles. The van der Waals surface area contributed by atoms with Crippen LogP contribution in [0.15, 0.2) is 0 Å². The Kier molecular flexibility index (Phi) is 68.7. The summed E-state index contributed by atoms with van der Waals surface area (Å²) in [5.74, 6) is 0.973. The van der Waals surface area contributed by atoms with Crippen molar-refractivity contribution in [1.29, 1.82) is 0 Å². The van der Waals surface area contributed by atoms with E-state index in [2.05, 4.69) is 55.4 Å². The van der Waals surface area contributed by atoms with Gasteiger partial charge in [0.05, 0.1) is 26.4 Å². The first-order valence-corrected chi connectivity index (χ1v) is 44.8. The van der Waals surface area contributed by atoms with Crippen LogP contribution in [0.5, 0.6) is 0 Å². The number of phosphoric ester groups is 2. The molecule has 0 radical (unpaired) electrons. The van der Waals surface area contributed by atoms with Crippen LogP contribution >= 0.6 is 15.6 Å². The van der Waals surface area contributed by atoms with Crippen LogP contribution < -0.4 is 0 Å². The average molecular weight is 1470 g/mol. The van der Waals surface area contributed by atoms with Gasteiger partial charge in [0.15, 0.2) is 12.2 Å². The average Bonchev–Trinajstić information content (AvgIpc) is 0.924. The predicted octanol–water partition coefficient (Wildman–Crippen LogP) is 24.0. The molecule has 0 saturated carbocycles. The van der Waals surface area contributed by atoms with Gasteiger partial charge in [0, 0.05) is 25.7 Å². The van der Waals surface area contributed by atoms with Gasteiger partial charge in [-0.2, -0.15) is 0 Å². The molecule has 0 bridgehead atoms. The SMILES string of the molecule is CCC(C)CCCCCCCCC(=O)OC[C@H](COP(=O)(O)OC[C@H](O)COP(=O)(O)OC[C@@H](COC(=O)CCCCCCCCC(C)CC)OC(=O)CCCCCCCCCCCCCCCCCCC(C)C)OC(=O)CCCCCCCCCCCCCCCCCCCCC(C)C. The van der Waals surface area contributed by atoms with Gasteiger partial charge in [0.2, 0.25) is 0 Å². The fraction of sp³-hybridized carbons (Fsp3) is 0.951. The largest absolute Gasteiger partial charge is 0.472 e. The maximum absolute atomic E-state index is 13.1.